The Bertz CT molecular complexity index is 478. The van der Waals surface area contributed by atoms with Gasteiger partial charge in [-0.1, -0.05) is 19.3 Å². The minimum absolute atomic E-state index is 0.0899. The number of halogens is 1. The molecule has 1 heterocycles. The lowest BCUT2D eigenvalue weighted by Crippen LogP contribution is -2.40. The van der Waals surface area contributed by atoms with E-state index < -0.39 is 0 Å². The second-order valence-corrected chi connectivity index (χ2v) is 7.91. The maximum absolute atomic E-state index is 11.8. The van der Waals surface area contributed by atoms with E-state index in [1.165, 1.54) is 6.42 Å². The fourth-order valence-corrected chi connectivity index (χ4v) is 3.93. The second-order valence-electron chi connectivity index (χ2n) is 5.41. The Kier molecular flexibility index (Phi) is 5.81. The third kappa shape index (κ3) is 4.43. The van der Waals surface area contributed by atoms with Crippen molar-refractivity contribution in [1.82, 2.24) is 5.32 Å². The number of carbonyl (C=O) groups is 1. The van der Waals surface area contributed by atoms with Crippen molar-refractivity contribution < 1.29 is 9.90 Å². The van der Waals surface area contributed by atoms with Crippen molar-refractivity contribution in [2.75, 3.05) is 13.2 Å². The van der Waals surface area contributed by atoms with Crippen LogP contribution in [0.3, 0.4) is 0 Å². The fraction of sp³-hybridized carbons (Fsp3) is 0.533. The highest BCUT2D eigenvalue weighted by atomic mass is 79.9. The first-order valence-electron chi connectivity index (χ1n) is 6.96. The maximum atomic E-state index is 11.8. The molecule has 0 radical (unpaired) electrons. The Morgan fingerprint density at radius 3 is 2.75 bits per heavy atom. The highest BCUT2D eigenvalue weighted by molar-refractivity contribution is 9.11. The molecule has 2 N–H and O–H groups in total. The number of thiophene rings is 1. The van der Waals surface area contributed by atoms with E-state index in [0.29, 0.717) is 6.54 Å². The Hall–Kier alpha value is -0.650. The monoisotopic (exact) mass is 357 g/mol. The summed E-state index contributed by atoms with van der Waals surface area (Å²) in [6.45, 7) is 0.732. The van der Waals surface area contributed by atoms with E-state index in [1.807, 2.05) is 18.2 Å². The molecule has 1 amide bonds. The van der Waals surface area contributed by atoms with Crippen LogP contribution in [0.15, 0.2) is 22.0 Å². The molecular weight excluding hydrogens is 338 g/mol. The largest absolute Gasteiger partial charge is 0.396 e. The van der Waals surface area contributed by atoms with Gasteiger partial charge in [-0.2, -0.15) is 0 Å². The number of hydrogen-bond donors (Lipinski definition) is 2. The minimum atomic E-state index is -0.103. The number of nitrogens with one attached hydrogen (secondary N) is 1. The van der Waals surface area contributed by atoms with Crippen LogP contribution in [0.4, 0.5) is 0 Å². The molecule has 1 fully saturated rings. The molecule has 0 saturated heterocycles. The van der Waals surface area contributed by atoms with E-state index in [-0.39, 0.29) is 17.9 Å². The number of aliphatic hydroxyl groups is 1. The van der Waals surface area contributed by atoms with Crippen molar-refractivity contribution in [1.29, 1.82) is 0 Å². The van der Waals surface area contributed by atoms with Gasteiger partial charge in [-0.3, -0.25) is 4.79 Å². The Morgan fingerprint density at radius 2 is 2.15 bits per heavy atom. The number of hydrogen-bond acceptors (Lipinski definition) is 3. The highest BCUT2D eigenvalue weighted by Gasteiger charge is 2.31. The lowest BCUT2D eigenvalue weighted by atomic mass is 9.74. The molecule has 1 aliphatic rings. The molecule has 3 nitrogen and oxygen atoms in total. The Morgan fingerprint density at radius 1 is 1.40 bits per heavy atom. The normalized spacial score (nSPS) is 18.3. The zero-order valence-corrected chi connectivity index (χ0v) is 13.8. The summed E-state index contributed by atoms with van der Waals surface area (Å²) in [5.74, 6) is -0.0899. The third-order valence-corrected chi connectivity index (χ3v) is 5.47. The van der Waals surface area contributed by atoms with Crippen LogP contribution in [0.25, 0.3) is 6.08 Å². The van der Waals surface area contributed by atoms with Gasteiger partial charge in [0.2, 0.25) is 5.91 Å². The van der Waals surface area contributed by atoms with Crippen molar-refractivity contribution in [3.63, 3.8) is 0 Å². The molecule has 1 aliphatic carbocycles. The molecule has 0 spiro atoms. The molecule has 0 bridgehead atoms. The smallest absolute Gasteiger partial charge is 0.244 e. The van der Waals surface area contributed by atoms with Crippen molar-refractivity contribution >= 4 is 39.2 Å². The van der Waals surface area contributed by atoms with Gasteiger partial charge in [0.25, 0.3) is 0 Å². The van der Waals surface area contributed by atoms with E-state index in [4.69, 9.17) is 0 Å². The molecule has 0 aromatic carbocycles. The van der Waals surface area contributed by atoms with Crippen LogP contribution in [0.5, 0.6) is 0 Å². The molecule has 20 heavy (non-hydrogen) atoms. The Balaban J connectivity index is 1.83. The van der Waals surface area contributed by atoms with Gasteiger partial charge in [0.15, 0.2) is 0 Å². The Labute approximate surface area is 132 Å². The second kappa shape index (κ2) is 7.38. The van der Waals surface area contributed by atoms with Crippen molar-refractivity contribution in [2.24, 2.45) is 5.41 Å². The zero-order valence-electron chi connectivity index (χ0n) is 11.4. The number of rotatable bonds is 5. The van der Waals surface area contributed by atoms with Crippen LogP contribution in [-0.2, 0) is 4.79 Å². The molecule has 1 aromatic heterocycles. The lowest BCUT2D eigenvalue weighted by molar-refractivity contribution is -0.117. The van der Waals surface area contributed by atoms with Crippen molar-refractivity contribution in [3.05, 3.63) is 26.9 Å². The SMILES string of the molecule is O=C(/C=C/c1ccc(Br)s1)NCC1(CO)CCCCC1. The molecule has 0 unspecified atom stereocenters. The van der Waals surface area contributed by atoms with Crippen LogP contribution >= 0.6 is 27.3 Å². The molecule has 0 atom stereocenters. The van der Waals surface area contributed by atoms with Crippen molar-refractivity contribution in [3.8, 4) is 0 Å². The molecule has 1 saturated carbocycles. The van der Waals surface area contributed by atoms with E-state index in [1.54, 1.807) is 17.4 Å². The van der Waals surface area contributed by atoms with Crippen LogP contribution < -0.4 is 5.32 Å². The van der Waals surface area contributed by atoms with Crippen LogP contribution in [0.2, 0.25) is 0 Å². The lowest BCUT2D eigenvalue weighted by Gasteiger charge is -2.35. The standard InChI is InChI=1S/C15H20BrNO2S/c16-13-6-4-12(20-13)5-7-14(19)17-10-15(11-18)8-2-1-3-9-15/h4-7,18H,1-3,8-11H2,(H,17,19)/b7-5+. The summed E-state index contributed by atoms with van der Waals surface area (Å²) in [5.41, 5.74) is -0.103. The third-order valence-electron chi connectivity index (χ3n) is 3.88. The summed E-state index contributed by atoms with van der Waals surface area (Å²) in [4.78, 5) is 12.9. The van der Waals surface area contributed by atoms with E-state index >= 15 is 0 Å². The van der Waals surface area contributed by atoms with Crippen molar-refractivity contribution in [2.45, 2.75) is 32.1 Å². The first-order chi connectivity index (χ1) is 9.63. The molecule has 0 aliphatic heterocycles. The molecule has 1 aromatic rings. The summed E-state index contributed by atoms with van der Waals surface area (Å²) in [5, 5.41) is 12.5. The van der Waals surface area contributed by atoms with E-state index in [0.717, 1.165) is 34.3 Å². The van der Waals surface area contributed by atoms with Gasteiger partial charge in [-0.05, 0) is 47.0 Å². The summed E-state index contributed by atoms with van der Waals surface area (Å²) < 4.78 is 1.05. The average Bonchev–Trinajstić information content (AvgIpc) is 2.89. The van der Waals surface area contributed by atoms with E-state index in [9.17, 15) is 9.90 Å². The summed E-state index contributed by atoms with van der Waals surface area (Å²) in [6, 6.07) is 3.93. The maximum Gasteiger partial charge on any atom is 0.244 e. The molecule has 110 valence electrons. The summed E-state index contributed by atoms with van der Waals surface area (Å²) in [7, 11) is 0. The molecular formula is C15H20BrNO2S. The van der Waals surface area contributed by atoms with Gasteiger partial charge >= 0.3 is 0 Å². The minimum Gasteiger partial charge on any atom is -0.396 e. The van der Waals surface area contributed by atoms with Crippen LogP contribution in [0, 0.1) is 5.41 Å². The molecule has 2 rings (SSSR count). The summed E-state index contributed by atoms with van der Waals surface area (Å²) >= 11 is 4.98. The quantitative estimate of drug-likeness (QED) is 0.791. The van der Waals surface area contributed by atoms with E-state index in [2.05, 4.69) is 21.2 Å². The van der Waals surface area contributed by atoms with Crippen LogP contribution in [-0.4, -0.2) is 24.2 Å². The predicted octanol–water partition coefficient (Wildman–Crippen LogP) is 3.58. The van der Waals surface area contributed by atoms with Gasteiger partial charge < -0.3 is 10.4 Å². The van der Waals surface area contributed by atoms with Gasteiger partial charge in [0.1, 0.15) is 0 Å². The highest BCUT2D eigenvalue weighted by Crippen LogP contribution is 2.35. The topological polar surface area (TPSA) is 49.3 Å². The van der Waals surface area contributed by atoms with Gasteiger partial charge in [-0.25, -0.2) is 0 Å². The van der Waals surface area contributed by atoms with Gasteiger partial charge in [0.05, 0.1) is 10.4 Å². The number of carbonyl (C=O) groups excluding carboxylic acids is 1. The number of aliphatic hydroxyl groups excluding tert-OH is 1. The predicted molar refractivity (Wildman–Crippen MR) is 86.7 cm³/mol. The number of amides is 1. The average molecular weight is 358 g/mol. The first kappa shape index (κ1) is 15.7. The van der Waals surface area contributed by atoms with Gasteiger partial charge in [-0.15, -0.1) is 11.3 Å². The fourth-order valence-electron chi connectivity index (χ4n) is 2.60. The van der Waals surface area contributed by atoms with Gasteiger partial charge in [0, 0.05) is 22.9 Å². The zero-order chi connectivity index (χ0) is 14.4. The summed E-state index contributed by atoms with van der Waals surface area (Å²) in [6.07, 6.45) is 8.92. The first-order valence-corrected chi connectivity index (χ1v) is 8.57. The molecule has 5 heteroatoms. The van der Waals surface area contributed by atoms with Crippen LogP contribution in [0.1, 0.15) is 37.0 Å².